The molecule has 0 aromatic carbocycles. The quantitative estimate of drug-likeness (QED) is 0.748. The molecular formula is C21H29FO2. The van der Waals surface area contributed by atoms with Crippen LogP contribution >= 0.6 is 0 Å². The van der Waals surface area contributed by atoms with Crippen LogP contribution < -0.4 is 0 Å². The lowest BCUT2D eigenvalue weighted by Crippen LogP contribution is -2.66. The standard InChI is InChI=1S/C21H29FO2/c1-19-13-18(24)21(22)17(16(19)8-6-14(19)10-12-23)9-7-15-5-3-4-11-20(15,21)2/h4-6,11,16-18,23-24H,3,7-10,12-13H2,1-2H3/t16-,17-,18-,19+,20-,21?/m0/s1. The number of rotatable bonds is 2. The normalized spacial score (nSPS) is 49.8. The van der Waals surface area contributed by atoms with E-state index in [1.807, 2.05) is 13.0 Å². The van der Waals surface area contributed by atoms with Crippen molar-refractivity contribution in [1.82, 2.24) is 0 Å². The number of fused-ring (bicyclic) bond motifs is 5. The van der Waals surface area contributed by atoms with Crippen molar-refractivity contribution >= 4 is 0 Å². The van der Waals surface area contributed by atoms with E-state index in [0.29, 0.717) is 12.8 Å². The second-order valence-corrected chi connectivity index (χ2v) is 8.67. The van der Waals surface area contributed by atoms with Gasteiger partial charge in [-0.15, -0.1) is 0 Å². The van der Waals surface area contributed by atoms with Crippen molar-refractivity contribution in [2.24, 2.45) is 22.7 Å². The number of hydrogen-bond acceptors (Lipinski definition) is 2. The summed E-state index contributed by atoms with van der Waals surface area (Å²) in [5.41, 5.74) is -0.0250. The van der Waals surface area contributed by atoms with Gasteiger partial charge in [0.2, 0.25) is 0 Å². The average molecular weight is 332 g/mol. The number of aliphatic hydroxyl groups is 2. The number of hydrogen-bond donors (Lipinski definition) is 2. The monoisotopic (exact) mass is 332 g/mol. The van der Waals surface area contributed by atoms with Crippen LogP contribution in [0.4, 0.5) is 4.39 Å². The van der Waals surface area contributed by atoms with E-state index in [-0.39, 0.29) is 23.9 Å². The van der Waals surface area contributed by atoms with Gasteiger partial charge in [-0.2, -0.15) is 0 Å². The van der Waals surface area contributed by atoms with E-state index in [0.717, 1.165) is 25.7 Å². The molecule has 3 heteroatoms. The summed E-state index contributed by atoms with van der Waals surface area (Å²) < 4.78 is 16.6. The third kappa shape index (κ3) is 1.83. The molecule has 2 nitrogen and oxygen atoms in total. The topological polar surface area (TPSA) is 40.5 Å². The minimum absolute atomic E-state index is 0.122. The van der Waals surface area contributed by atoms with Gasteiger partial charge >= 0.3 is 0 Å². The molecule has 0 bridgehead atoms. The molecule has 0 heterocycles. The molecule has 24 heavy (non-hydrogen) atoms. The molecule has 0 radical (unpaired) electrons. The second kappa shape index (κ2) is 5.28. The molecule has 2 N–H and O–H groups in total. The Morgan fingerprint density at radius 3 is 2.79 bits per heavy atom. The van der Waals surface area contributed by atoms with Crippen LogP contribution in [0.15, 0.2) is 35.5 Å². The zero-order chi connectivity index (χ0) is 17.2. The minimum atomic E-state index is -1.58. The van der Waals surface area contributed by atoms with Gasteiger partial charge in [0.05, 0.1) is 6.10 Å². The number of halogens is 1. The summed E-state index contributed by atoms with van der Waals surface area (Å²) in [6.07, 6.45) is 12.1. The summed E-state index contributed by atoms with van der Waals surface area (Å²) >= 11 is 0. The number of aliphatic hydroxyl groups excluding tert-OH is 2. The lowest BCUT2D eigenvalue weighted by molar-refractivity contribution is -0.185. The van der Waals surface area contributed by atoms with E-state index in [1.54, 1.807) is 0 Å². The summed E-state index contributed by atoms with van der Waals surface area (Å²) in [5.74, 6) is 0.116. The highest BCUT2D eigenvalue weighted by atomic mass is 19.1. The minimum Gasteiger partial charge on any atom is -0.396 e. The first-order valence-corrected chi connectivity index (χ1v) is 9.42. The van der Waals surface area contributed by atoms with Crippen molar-refractivity contribution in [3.05, 3.63) is 35.5 Å². The maximum absolute atomic E-state index is 16.6. The first-order valence-electron chi connectivity index (χ1n) is 9.42. The highest BCUT2D eigenvalue weighted by molar-refractivity contribution is 5.39. The Morgan fingerprint density at radius 2 is 2.04 bits per heavy atom. The highest BCUT2D eigenvalue weighted by Gasteiger charge is 2.68. The van der Waals surface area contributed by atoms with Gasteiger partial charge in [0, 0.05) is 17.9 Å². The largest absolute Gasteiger partial charge is 0.396 e. The second-order valence-electron chi connectivity index (χ2n) is 8.67. The van der Waals surface area contributed by atoms with Crippen molar-refractivity contribution in [2.45, 2.75) is 64.1 Å². The Balaban J connectivity index is 1.77. The van der Waals surface area contributed by atoms with E-state index in [1.165, 1.54) is 11.1 Å². The number of alkyl halides is 1. The summed E-state index contributed by atoms with van der Waals surface area (Å²) in [5, 5.41) is 20.4. The highest BCUT2D eigenvalue weighted by Crippen LogP contribution is 2.68. The SMILES string of the molecule is C[C@]12C=CCC=C1CC[C@H]1[C@@H]3CC=C(CCO)[C@@]3(C)C[C@H](O)C12F. The molecule has 0 aromatic heterocycles. The van der Waals surface area contributed by atoms with Crippen molar-refractivity contribution in [3.63, 3.8) is 0 Å². The van der Waals surface area contributed by atoms with Gasteiger partial charge in [-0.3, -0.25) is 0 Å². The van der Waals surface area contributed by atoms with Gasteiger partial charge in [0.1, 0.15) is 0 Å². The Kier molecular flexibility index (Phi) is 3.64. The van der Waals surface area contributed by atoms with Crippen LogP contribution in [0, 0.1) is 22.7 Å². The molecule has 0 aromatic rings. The van der Waals surface area contributed by atoms with Gasteiger partial charge in [0.25, 0.3) is 0 Å². The Labute approximate surface area is 144 Å². The maximum Gasteiger partial charge on any atom is 0.152 e. The first kappa shape index (κ1) is 16.5. The van der Waals surface area contributed by atoms with E-state index >= 15 is 4.39 Å². The molecule has 6 atom stereocenters. The van der Waals surface area contributed by atoms with Crippen molar-refractivity contribution in [3.8, 4) is 0 Å². The fourth-order valence-corrected chi connectivity index (χ4v) is 6.51. The van der Waals surface area contributed by atoms with Crippen molar-refractivity contribution in [2.75, 3.05) is 6.61 Å². The Morgan fingerprint density at radius 1 is 1.25 bits per heavy atom. The van der Waals surface area contributed by atoms with Crippen LogP contribution in [-0.2, 0) is 0 Å². The molecule has 132 valence electrons. The predicted molar refractivity (Wildman–Crippen MR) is 93.1 cm³/mol. The number of allylic oxidation sites excluding steroid dienone is 5. The molecule has 4 aliphatic rings. The van der Waals surface area contributed by atoms with Crippen LogP contribution in [0.5, 0.6) is 0 Å². The fraction of sp³-hybridized carbons (Fsp3) is 0.714. The molecule has 2 saturated carbocycles. The van der Waals surface area contributed by atoms with E-state index in [9.17, 15) is 10.2 Å². The molecule has 0 aliphatic heterocycles. The lowest BCUT2D eigenvalue weighted by Gasteiger charge is -2.62. The zero-order valence-corrected chi connectivity index (χ0v) is 14.8. The lowest BCUT2D eigenvalue weighted by atomic mass is 9.45. The summed E-state index contributed by atoms with van der Waals surface area (Å²) in [4.78, 5) is 0. The Hall–Kier alpha value is -0.930. The summed E-state index contributed by atoms with van der Waals surface area (Å²) in [6, 6.07) is 0. The molecule has 1 unspecified atom stereocenters. The van der Waals surface area contributed by atoms with Gasteiger partial charge in [-0.05, 0) is 56.8 Å². The van der Waals surface area contributed by atoms with Gasteiger partial charge < -0.3 is 10.2 Å². The fourth-order valence-electron chi connectivity index (χ4n) is 6.51. The predicted octanol–water partition coefficient (Wildman–Crippen LogP) is 4.10. The molecule has 4 rings (SSSR count). The smallest absolute Gasteiger partial charge is 0.152 e. The van der Waals surface area contributed by atoms with E-state index < -0.39 is 17.2 Å². The van der Waals surface area contributed by atoms with Gasteiger partial charge in [-0.1, -0.05) is 42.4 Å². The van der Waals surface area contributed by atoms with Crippen LogP contribution in [-0.4, -0.2) is 28.6 Å². The molecule has 4 aliphatic carbocycles. The van der Waals surface area contributed by atoms with Gasteiger partial charge in [-0.25, -0.2) is 4.39 Å². The Bertz CT molecular complexity index is 636. The van der Waals surface area contributed by atoms with Crippen molar-refractivity contribution in [1.29, 1.82) is 0 Å². The van der Waals surface area contributed by atoms with E-state index in [2.05, 4.69) is 25.2 Å². The molecular weight excluding hydrogens is 303 g/mol. The molecule has 2 fully saturated rings. The summed E-state index contributed by atoms with van der Waals surface area (Å²) in [7, 11) is 0. The van der Waals surface area contributed by atoms with Crippen molar-refractivity contribution < 1.29 is 14.6 Å². The third-order valence-corrected chi connectivity index (χ3v) is 7.82. The van der Waals surface area contributed by atoms with Crippen LogP contribution in [0.2, 0.25) is 0 Å². The average Bonchev–Trinajstić information content (AvgIpc) is 2.85. The molecule has 0 spiro atoms. The molecule has 0 saturated heterocycles. The van der Waals surface area contributed by atoms with Crippen LogP contribution in [0.1, 0.15) is 52.4 Å². The zero-order valence-electron chi connectivity index (χ0n) is 14.8. The van der Waals surface area contributed by atoms with Gasteiger partial charge in [0.15, 0.2) is 5.67 Å². The van der Waals surface area contributed by atoms with Crippen LogP contribution in [0.25, 0.3) is 0 Å². The maximum atomic E-state index is 16.6. The van der Waals surface area contributed by atoms with E-state index in [4.69, 9.17) is 0 Å². The van der Waals surface area contributed by atoms with Crippen LogP contribution in [0.3, 0.4) is 0 Å². The molecule has 0 amide bonds. The third-order valence-electron chi connectivity index (χ3n) is 7.82. The first-order chi connectivity index (χ1) is 11.4. The summed E-state index contributed by atoms with van der Waals surface area (Å²) in [6.45, 7) is 4.30.